The molecule has 0 aliphatic carbocycles. The van der Waals surface area contributed by atoms with E-state index in [0.29, 0.717) is 10.2 Å². The fourth-order valence-electron chi connectivity index (χ4n) is 2.07. The predicted octanol–water partition coefficient (Wildman–Crippen LogP) is 3.36. The maximum Gasteiger partial charge on any atom is 0.263 e. The van der Waals surface area contributed by atoms with E-state index in [1.807, 2.05) is 30.7 Å². The number of hydrogen-bond donors (Lipinski definition) is 1. The Labute approximate surface area is 122 Å². The first-order valence-electron chi connectivity index (χ1n) is 5.65. The average Bonchev–Trinajstić information content (AvgIpc) is 2.98. The van der Waals surface area contributed by atoms with Crippen molar-refractivity contribution in [3.05, 3.63) is 43.2 Å². The lowest BCUT2D eigenvalue weighted by Crippen LogP contribution is -2.38. The summed E-state index contributed by atoms with van der Waals surface area (Å²) in [4.78, 5) is 20.9. The maximum atomic E-state index is 12.6. The molecule has 3 rings (SSSR count). The summed E-state index contributed by atoms with van der Waals surface area (Å²) in [6.45, 7) is 3.91. The third-order valence-corrected chi connectivity index (χ3v) is 5.24. The molecule has 0 atom stereocenters. The number of fused-ring (bicyclic) bond motifs is 1. The van der Waals surface area contributed by atoms with Crippen LogP contribution in [0.2, 0.25) is 0 Å². The van der Waals surface area contributed by atoms with E-state index in [1.165, 1.54) is 22.7 Å². The van der Waals surface area contributed by atoms with Crippen LogP contribution in [-0.2, 0) is 5.54 Å². The van der Waals surface area contributed by atoms with Gasteiger partial charge in [0.25, 0.3) is 5.56 Å². The summed E-state index contributed by atoms with van der Waals surface area (Å²) < 4.78 is 2.04. The second-order valence-corrected chi connectivity index (χ2v) is 6.83. The van der Waals surface area contributed by atoms with Gasteiger partial charge in [0, 0.05) is 11.6 Å². The summed E-state index contributed by atoms with van der Waals surface area (Å²) in [5.41, 5.74) is -0.630. The topological polar surface area (TPSA) is 50.7 Å². The Kier molecular flexibility index (Phi) is 2.92. The smallest absolute Gasteiger partial charge is 0.263 e. The van der Waals surface area contributed by atoms with Crippen LogP contribution in [0.1, 0.15) is 18.9 Å². The highest BCUT2D eigenvalue weighted by Gasteiger charge is 2.28. The van der Waals surface area contributed by atoms with Gasteiger partial charge < -0.3 is 4.98 Å². The monoisotopic (exact) mass is 309 g/mol. The van der Waals surface area contributed by atoms with Crippen molar-refractivity contribution in [3.8, 4) is 0 Å². The fraction of sp³-hybridized carbons (Fsp3) is 0.250. The van der Waals surface area contributed by atoms with Crippen LogP contribution >= 0.6 is 34.9 Å². The molecule has 0 unspecified atom stereocenters. The second-order valence-electron chi connectivity index (χ2n) is 4.63. The molecule has 0 bridgehead atoms. The number of rotatable bonds is 2. The van der Waals surface area contributed by atoms with Gasteiger partial charge >= 0.3 is 0 Å². The number of H-pyrrole nitrogens is 1. The van der Waals surface area contributed by atoms with E-state index < -0.39 is 5.54 Å². The summed E-state index contributed by atoms with van der Waals surface area (Å²) in [5.74, 6) is 0. The van der Waals surface area contributed by atoms with Crippen molar-refractivity contribution in [3.63, 3.8) is 0 Å². The van der Waals surface area contributed by atoms with Crippen LogP contribution in [0.4, 0.5) is 0 Å². The highest BCUT2D eigenvalue weighted by molar-refractivity contribution is 7.71. The molecule has 3 aromatic heterocycles. The summed E-state index contributed by atoms with van der Waals surface area (Å²) in [5, 5.41) is 5.32. The van der Waals surface area contributed by atoms with Gasteiger partial charge in [0.05, 0.1) is 10.9 Å². The lowest BCUT2D eigenvalue weighted by atomic mass is 10.1. The molecule has 0 amide bonds. The zero-order valence-corrected chi connectivity index (χ0v) is 12.8. The molecule has 7 heteroatoms. The van der Waals surface area contributed by atoms with E-state index in [9.17, 15) is 4.79 Å². The molecule has 98 valence electrons. The normalized spacial score (nSPS) is 12.1. The van der Waals surface area contributed by atoms with Crippen molar-refractivity contribution < 1.29 is 0 Å². The van der Waals surface area contributed by atoms with Crippen LogP contribution in [0.15, 0.2) is 27.8 Å². The van der Waals surface area contributed by atoms with Gasteiger partial charge in [-0.3, -0.25) is 9.36 Å². The molecule has 0 aromatic carbocycles. The number of aromatic nitrogens is 3. The quantitative estimate of drug-likeness (QED) is 0.739. The Morgan fingerprint density at radius 1 is 1.37 bits per heavy atom. The van der Waals surface area contributed by atoms with E-state index in [-0.39, 0.29) is 5.56 Å². The van der Waals surface area contributed by atoms with Gasteiger partial charge in [-0.05, 0) is 37.5 Å². The molecule has 4 nitrogen and oxygen atoms in total. The van der Waals surface area contributed by atoms with Crippen molar-refractivity contribution >= 4 is 45.1 Å². The number of thiophene rings is 1. The minimum atomic E-state index is -0.561. The highest BCUT2D eigenvalue weighted by atomic mass is 32.1. The number of nitrogens with one attached hydrogen (secondary N) is 1. The van der Waals surface area contributed by atoms with E-state index in [4.69, 9.17) is 12.2 Å². The van der Waals surface area contributed by atoms with Gasteiger partial charge in [-0.15, -0.1) is 22.7 Å². The van der Waals surface area contributed by atoms with Crippen molar-refractivity contribution in [2.24, 2.45) is 0 Å². The minimum Gasteiger partial charge on any atom is -0.323 e. The molecule has 0 aliphatic rings. The molecule has 0 fully saturated rings. The van der Waals surface area contributed by atoms with Crippen LogP contribution < -0.4 is 5.56 Å². The zero-order valence-electron chi connectivity index (χ0n) is 10.3. The van der Waals surface area contributed by atoms with Gasteiger partial charge in [-0.2, -0.15) is 0 Å². The Morgan fingerprint density at radius 2 is 2.16 bits per heavy atom. The van der Waals surface area contributed by atoms with Gasteiger partial charge in [-0.25, -0.2) is 4.98 Å². The summed E-state index contributed by atoms with van der Waals surface area (Å²) >= 11 is 8.35. The van der Waals surface area contributed by atoms with Crippen LogP contribution in [0.5, 0.6) is 0 Å². The maximum absolute atomic E-state index is 12.6. The van der Waals surface area contributed by atoms with Crippen LogP contribution in [0.25, 0.3) is 10.2 Å². The first-order chi connectivity index (χ1) is 9.01. The van der Waals surface area contributed by atoms with Crippen molar-refractivity contribution in [2.45, 2.75) is 19.4 Å². The van der Waals surface area contributed by atoms with E-state index in [0.717, 1.165) is 9.84 Å². The van der Waals surface area contributed by atoms with Gasteiger partial charge in [0.15, 0.2) is 4.77 Å². The standard InChI is InChI=1S/C12H11N3OS3/c1-12(2,10-13-4-6-19-10)15-9(16)7-3-5-18-8(7)14-11(15)17/h3-6H,1-2H3,(H,14,17). The SMILES string of the molecule is CC(C)(c1nccs1)n1c(=S)[nH]c2sccc2c1=O. The van der Waals surface area contributed by atoms with Crippen LogP contribution in [0.3, 0.4) is 0 Å². The van der Waals surface area contributed by atoms with Crippen molar-refractivity contribution in [2.75, 3.05) is 0 Å². The van der Waals surface area contributed by atoms with Crippen molar-refractivity contribution in [1.29, 1.82) is 0 Å². The lowest BCUT2D eigenvalue weighted by Gasteiger charge is -2.25. The average molecular weight is 309 g/mol. The van der Waals surface area contributed by atoms with Gasteiger partial charge in [0.2, 0.25) is 0 Å². The predicted molar refractivity (Wildman–Crippen MR) is 81.8 cm³/mol. The molecule has 0 saturated heterocycles. The van der Waals surface area contributed by atoms with Crippen LogP contribution in [0, 0.1) is 4.77 Å². The Morgan fingerprint density at radius 3 is 2.84 bits per heavy atom. The zero-order chi connectivity index (χ0) is 13.6. The number of nitrogens with zero attached hydrogens (tertiary/aromatic N) is 2. The van der Waals surface area contributed by atoms with Crippen LogP contribution in [-0.4, -0.2) is 14.5 Å². The Hall–Kier alpha value is -1.31. The molecule has 1 N–H and O–H groups in total. The number of hydrogen-bond acceptors (Lipinski definition) is 5. The highest BCUT2D eigenvalue weighted by Crippen LogP contribution is 2.27. The lowest BCUT2D eigenvalue weighted by molar-refractivity contribution is 0.412. The molecule has 3 aromatic rings. The number of aromatic amines is 1. The second kappa shape index (κ2) is 4.36. The van der Waals surface area contributed by atoms with E-state index >= 15 is 0 Å². The molecule has 3 heterocycles. The summed E-state index contributed by atoms with van der Waals surface area (Å²) in [7, 11) is 0. The van der Waals surface area contributed by atoms with Gasteiger partial charge in [-0.1, -0.05) is 0 Å². The Balaban J connectivity index is 2.37. The molecular weight excluding hydrogens is 298 g/mol. The third kappa shape index (κ3) is 1.89. The van der Waals surface area contributed by atoms with E-state index in [1.54, 1.807) is 10.8 Å². The minimum absolute atomic E-state index is 0.0693. The number of thiazole rings is 1. The molecule has 19 heavy (non-hydrogen) atoms. The Bertz CT molecular complexity index is 839. The first-order valence-corrected chi connectivity index (χ1v) is 7.81. The molecule has 0 saturated carbocycles. The fourth-order valence-corrected chi connectivity index (χ4v) is 4.08. The molecular formula is C12H11N3OS3. The molecule has 0 spiro atoms. The molecule has 0 aliphatic heterocycles. The van der Waals surface area contributed by atoms with E-state index in [2.05, 4.69) is 9.97 Å². The summed E-state index contributed by atoms with van der Waals surface area (Å²) in [6.07, 6.45) is 1.74. The first kappa shape index (κ1) is 12.7. The third-order valence-electron chi connectivity index (χ3n) is 3.04. The van der Waals surface area contributed by atoms with Gasteiger partial charge in [0.1, 0.15) is 9.84 Å². The largest absolute Gasteiger partial charge is 0.323 e. The van der Waals surface area contributed by atoms with Crippen molar-refractivity contribution in [1.82, 2.24) is 14.5 Å². The molecule has 0 radical (unpaired) electrons. The summed E-state index contributed by atoms with van der Waals surface area (Å²) in [6, 6.07) is 1.82.